The molecule has 4 heterocycles. The first kappa shape index (κ1) is 18.2. The number of pyridine rings is 1. The largest absolute Gasteiger partial charge is 0.379 e. The van der Waals surface area contributed by atoms with Gasteiger partial charge in [-0.1, -0.05) is 23.7 Å². The van der Waals surface area contributed by atoms with Crippen LogP contribution in [0.2, 0.25) is 5.02 Å². The van der Waals surface area contributed by atoms with Crippen LogP contribution in [-0.4, -0.2) is 50.6 Å². The molecule has 1 aromatic carbocycles. The zero-order chi connectivity index (χ0) is 19.6. The maximum Gasteiger partial charge on any atom is 0.137 e. The molecule has 1 aliphatic heterocycles. The number of hydrogen-bond donors (Lipinski definition) is 0. The number of nitrogens with zero attached hydrogens (tertiary/aromatic N) is 5. The maximum absolute atomic E-state index is 6.10. The van der Waals surface area contributed by atoms with Crippen LogP contribution < -0.4 is 0 Å². The molecular weight excluding hydrogens is 386 g/mol. The molecule has 5 rings (SSSR count). The number of rotatable bonds is 4. The van der Waals surface area contributed by atoms with Gasteiger partial charge < -0.3 is 9.14 Å². The first-order chi connectivity index (χ1) is 14.3. The Kier molecular flexibility index (Phi) is 4.97. The third kappa shape index (κ3) is 3.74. The van der Waals surface area contributed by atoms with Gasteiger partial charge in [0.05, 0.1) is 24.6 Å². The Balaban J connectivity index is 1.64. The number of aromatic nitrogens is 4. The lowest BCUT2D eigenvalue weighted by Crippen LogP contribution is -2.36. The van der Waals surface area contributed by atoms with Gasteiger partial charge in [-0.15, -0.1) is 0 Å². The summed E-state index contributed by atoms with van der Waals surface area (Å²) >= 11 is 6.10. The Morgan fingerprint density at radius 1 is 0.897 bits per heavy atom. The summed E-state index contributed by atoms with van der Waals surface area (Å²) in [5, 5.41) is 0.721. The van der Waals surface area contributed by atoms with Crippen LogP contribution in [0.4, 0.5) is 0 Å². The molecule has 0 amide bonds. The number of halogens is 1. The van der Waals surface area contributed by atoms with Crippen molar-refractivity contribution in [1.82, 2.24) is 24.3 Å². The lowest BCUT2D eigenvalue weighted by Gasteiger charge is -2.26. The van der Waals surface area contributed by atoms with Crippen molar-refractivity contribution in [3.8, 4) is 22.4 Å². The minimum atomic E-state index is 0.721. The monoisotopic (exact) mass is 405 g/mol. The molecule has 146 valence electrons. The van der Waals surface area contributed by atoms with Crippen LogP contribution in [0.15, 0.2) is 61.3 Å². The molecule has 6 nitrogen and oxygen atoms in total. The summed E-state index contributed by atoms with van der Waals surface area (Å²) in [4.78, 5) is 15.6. The molecule has 29 heavy (non-hydrogen) atoms. The van der Waals surface area contributed by atoms with Gasteiger partial charge in [0.15, 0.2) is 0 Å². The van der Waals surface area contributed by atoms with Crippen LogP contribution >= 0.6 is 11.6 Å². The summed E-state index contributed by atoms with van der Waals surface area (Å²) in [6.07, 6.45) is 7.32. The second-order valence-corrected chi connectivity index (χ2v) is 7.51. The zero-order valence-corrected chi connectivity index (χ0v) is 16.6. The Labute approximate surface area is 173 Å². The number of imidazole rings is 1. The van der Waals surface area contributed by atoms with Crippen LogP contribution in [0.3, 0.4) is 0 Å². The lowest BCUT2D eigenvalue weighted by atomic mass is 10.1. The highest BCUT2D eigenvalue weighted by atomic mass is 35.5. The molecule has 0 bridgehead atoms. The Morgan fingerprint density at radius 3 is 2.38 bits per heavy atom. The molecule has 1 saturated heterocycles. The Bertz CT molecular complexity index is 1120. The van der Waals surface area contributed by atoms with Gasteiger partial charge in [-0.2, -0.15) is 0 Å². The fourth-order valence-corrected chi connectivity index (χ4v) is 3.80. The SMILES string of the molecule is Clc1ccc(-c2nc3ccc(-c4cncnc4)cn3c2CN2CCOCC2)cc1. The van der Waals surface area contributed by atoms with E-state index in [0.29, 0.717) is 0 Å². The van der Waals surface area contributed by atoms with Gasteiger partial charge in [0.1, 0.15) is 12.0 Å². The first-order valence-electron chi connectivity index (χ1n) is 9.60. The quantitative estimate of drug-likeness (QED) is 0.514. The summed E-state index contributed by atoms with van der Waals surface area (Å²) in [5.74, 6) is 0. The first-order valence-corrected chi connectivity index (χ1v) is 9.98. The van der Waals surface area contributed by atoms with E-state index in [1.165, 1.54) is 0 Å². The van der Waals surface area contributed by atoms with E-state index < -0.39 is 0 Å². The van der Waals surface area contributed by atoms with Crippen LogP contribution in [-0.2, 0) is 11.3 Å². The average Bonchev–Trinajstić information content (AvgIpc) is 3.13. The molecule has 0 atom stereocenters. The van der Waals surface area contributed by atoms with Gasteiger partial charge in [-0.25, -0.2) is 15.0 Å². The molecule has 4 aromatic rings. The normalized spacial score (nSPS) is 15.1. The summed E-state index contributed by atoms with van der Waals surface area (Å²) < 4.78 is 7.70. The predicted octanol–water partition coefficient (Wildman–Crippen LogP) is 3.94. The molecule has 0 saturated carbocycles. The fraction of sp³-hybridized carbons (Fsp3) is 0.227. The summed E-state index contributed by atoms with van der Waals surface area (Å²) in [6, 6.07) is 12.0. The molecule has 0 unspecified atom stereocenters. The van der Waals surface area contributed by atoms with Crippen LogP contribution in [0.1, 0.15) is 5.69 Å². The van der Waals surface area contributed by atoms with E-state index in [2.05, 4.69) is 31.5 Å². The molecule has 1 aliphatic rings. The van der Waals surface area contributed by atoms with Crippen molar-refractivity contribution in [2.24, 2.45) is 0 Å². The van der Waals surface area contributed by atoms with Crippen LogP contribution in [0, 0.1) is 0 Å². The van der Waals surface area contributed by atoms with Crippen molar-refractivity contribution in [3.05, 3.63) is 72.0 Å². The molecule has 0 radical (unpaired) electrons. The standard InChI is InChI=1S/C22H20ClN5O/c23-19-4-1-16(2-5-19)22-20(14-27-7-9-29-10-8-27)28-13-17(3-6-21(28)26-22)18-11-24-15-25-12-18/h1-6,11-13,15H,7-10,14H2. The highest BCUT2D eigenvalue weighted by Crippen LogP contribution is 2.29. The van der Waals surface area contributed by atoms with Gasteiger partial charge in [0.2, 0.25) is 0 Å². The highest BCUT2D eigenvalue weighted by Gasteiger charge is 2.19. The minimum Gasteiger partial charge on any atom is -0.379 e. The van der Waals surface area contributed by atoms with E-state index in [1.807, 2.05) is 42.7 Å². The second kappa shape index (κ2) is 7.91. The highest BCUT2D eigenvalue weighted by molar-refractivity contribution is 6.30. The van der Waals surface area contributed by atoms with E-state index in [4.69, 9.17) is 21.3 Å². The van der Waals surface area contributed by atoms with Crippen molar-refractivity contribution in [3.63, 3.8) is 0 Å². The summed E-state index contributed by atoms with van der Waals surface area (Å²) in [7, 11) is 0. The zero-order valence-electron chi connectivity index (χ0n) is 15.8. The lowest BCUT2D eigenvalue weighted by molar-refractivity contribution is 0.0336. The molecule has 7 heteroatoms. The van der Waals surface area contributed by atoms with Crippen molar-refractivity contribution in [2.45, 2.75) is 6.54 Å². The van der Waals surface area contributed by atoms with E-state index >= 15 is 0 Å². The Morgan fingerprint density at radius 2 is 1.62 bits per heavy atom. The van der Waals surface area contributed by atoms with Crippen LogP contribution in [0.25, 0.3) is 28.0 Å². The molecule has 1 fully saturated rings. The molecule has 0 aliphatic carbocycles. The van der Waals surface area contributed by atoms with Crippen LogP contribution in [0.5, 0.6) is 0 Å². The number of benzene rings is 1. The molecule has 0 spiro atoms. The number of ether oxygens (including phenoxy) is 1. The average molecular weight is 406 g/mol. The van der Waals surface area contributed by atoms with Crippen molar-refractivity contribution < 1.29 is 4.74 Å². The third-order valence-electron chi connectivity index (χ3n) is 5.21. The number of hydrogen-bond acceptors (Lipinski definition) is 5. The van der Waals surface area contributed by atoms with E-state index in [1.54, 1.807) is 6.33 Å². The van der Waals surface area contributed by atoms with Gasteiger partial charge in [-0.3, -0.25) is 4.90 Å². The van der Waals surface area contributed by atoms with E-state index in [-0.39, 0.29) is 0 Å². The summed E-state index contributed by atoms with van der Waals surface area (Å²) in [5.41, 5.74) is 6.15. The van der Waals surface area contributed by atoms with E-state index in [0.717, 1.165) is 71.6 Å². The maximum atomic E-state index is 6.10. The summed E-state index contributed by atoms with van der Waals surface area (Å²) in [6.45, 7) is 4.16. The fourth-order valence-electron chi connectivity index (χ4n) is 3.67. The molecule has 3 aromatic heterocycles. The topological polar surface area (TPSA) is 55.5 Å². The van der Waals surface area contributed by atoms with Crippen molar-refractivity contribution >= 4 is 17.2 Å². The predicted molar refractivity (Wildman–Crippen MR) is 113 cm³/mol. The van der Waals surface area contributed by atoms with Gasteiger partial charge in [0, 0.05) is 59.9 Å². The van der Waals surface area contributed by atoms with Crippen molar-refractivity contribution in [1.29, 1.82) is 0 Å². The number of fused-ring (bicyclic) bond motifs is 1. The minimum absolute atomic E-state index is 0.721. The van der Waals surface area contributed by atoms with Gasteiger partial charge in [0.25, 0.3) is 0 Å². The molecular formula is C22H20ClN5O. The van der Waals surface area contributed by atoms with Gasteiger partial charge in [-0.05, 0) is 24.3 Å². The number of morpholine rings is 1. The van der Waals surface area contributed by atoms with E-state index in [9.17, 15) is 0 Å². The van der Waals surface area contributed by atoms with Gasteiger partial charge >= 0.3 is 0 Å². The van der Waals surface area contributed by atoms with Crippen molar-refractivity contribution in [2.75, 3.05) is 26.3 Å². The molecule has 0 N–H and O–H groups in total. The smallest absolute Gasteiger partial charge is 0.137 e. The Hall–Kier alpha value is -2.80. The second-order valence-electron chi connectivity index (χ2n) is 7.08. The third-order valence-corrected chi connectivity index (χ3v) is 5.46.